The van der Waals surface area contributed by atoms with E-state index in [1.807, 2.05) is 6.07 Å². The van der Waals surface area contributed by atoms with Crippen LogP contribution in [-0.4, -0.2) is 6.18 Å². The molecule has 0 spiro atoms. The highest BCUT2D eigenvalue weighted by atomic mass is 19.4. The van der Waals surface area contributed by atoms with E-state index in [2.05, 4.69) is 6.58 Å². The van der Waals surface area contributed by atoms with Crippen molar-refractivity contribution in [1.29, 1.82) is 5.26 Å². The van der Waals surface area contributed by atoms with Crippen molar-refractivity contribution in [1.82, 2.24) is 0 Å². The maximum absolute atomic E-state index is 12.5. The van der Waals surface area contributed by atoms with Crippen LogP contribution >= 0.6 is 0 Å². The summed E-state index contributed by atoms with van der Waals surface area (Å²) in [6.45, 7) is 3.06. The molecule has 4 heteroatoms. The molecule has 1 nitrogen and oxygen atoms in total. The number of halogens is 3. The summed E-state index contributed by atoms with van der Waals surface area (Å²) in [7, 11) is 0. The Labute approximate surface area is 114 Å². The molecule has 2 aromatic carbocycles. The largest absolute Gasteiger partial charge is 0.416 e. The standard InChI is InChI=1S/C16H10F3N/c1-11(16(17,18)19)13-6-8-15(9-7-13)14-4-2-12(10-20)3-5-14/h2-9H,1H2. The number of hydrogen-bond acceptors (Lipinski definition) is 1. The van der Waals surface area contributed by atoms with Gasteiger partial charge in [-0.3, -0.25) is 0 Å². The summed E-state index contributed by atoms with van der Waals surface area (Å²) in [5.74, 6) is 0. The average molecular weight is 273 g/mol. The van der Waals surface area contributed by atoms with Gasteiger partial charge < -0.3 is 0 Å². The minimum atomic E-state index is -4.42. The zero-order chi connectivity index (χ0) is 14.8. The molecule has 0 N–H and O–H groups in total. The van der Waals surface area contributed by atoms with Gasteiger partial charge in [0.25, 0.3) is 0 Å². The molecule has 0 unspecified atom stereocenters. The summed E-state index contributed by atoms with van der Waals surface area (Å²) >= 11 is 0. The van der Waals surface area contributed by atoms with Crippen LogP contribution in [0.1, 0.15) is 11.1 Å². The minimum Gasteiger partial charge on any atom is -0.192 e. The second-order valence-electron chi connectivity index (χ2n) is 4.24. The molecule has 0 aliphatic rings. The van der Waals surface area contributed by atoms with Crippen molar-refractivity contribution in [2.24, 2.45) is 0 Å². The molecule has 0 saturated carbocycles. The third-order valence-electron chi connectivity index (χ3n) is 2.92. The lowest BCUT2D eigenvalue weighted by molar-refractivity contribution is -0.0686. The molecule has 2 aromatic rings. The smallest absolute Gasteiger partial charge is 0.192 e. The predicted molar refractivity (Wildman–Crippen MR) is 71.7 cm³/mol. The Balaban J connectivity index is 2.28. The molecule has 0 fully saturated rings. The lowest BCUT2D eigenvalue weighted by Gasteiger charge is -2.10. The van der Waals surface area contributed by atoms with Gasteiger partial charge in [-0.15, -0.1) is 0 Å². The van der Waals surface area contributed by atoms with Crippen LogP contribution in [0.15, 0.2) is 55.1 Å². The van der Waals surface area contributed by atoms with E-state index >= 15 is 0 Å². The molecular weight excluding hydrogens is 263 g/mol. The van der Waals surface area contributed by atoms with Crippen molar-refractivity contribution >= 4 is 5.57 Å². The molecule has 0 aliphatic heterocycles. The van der Waals surface area contributed by atoms with Gasteiger partial charge in [-0.25, -0.2) is 0 Å². The number of nitriles is 1. The summed E-state index contributed by atoms with van der Waals surface area (Å²) in [5.41, 5.74) is 1.36. The number of rotatable bonds is 2. The monoisotopic (exact) mass is 273 g/mol. The first kappa shape index (κ1) is 13.9. The van der Waals surface area contributed by atoms with E-state index < -0.39 is 11.7 Å². The SMILES string of the molecule is C=C(c1ccc(-c2ccc(C#N)cc2)cc1)C(F)(F)F. The molecular formula is C16H10F3N. The first-order valence-electron chi connectivity index (χ1n) is 5.79. The van der Waals surface area contributed by atoms with Crippen molar-refractivity contribution in [2.45, 2.75) is 6.18 Å². The van der Waals surface area contributed by atoms with Crippen LogP contribution in [0, 0.1) is 11.3 Å². The molecule has 20 heavy (non-hydrogen) atoms. The molecule has 0 aliphatic carbocycles. The zero-order valence-corrected chi connectivity index (χ0v) is 10.4. The first-order valence-corrected chi connectivity index (χ1v) is 5.79. The van der Waals surface area contributed by atoms with E-state index in [1.54, 1.807) is 36.4 Å². The van der Waals surface area contributed by atoms with E-state index in [-0.39, 0.29) is 5.56 Å². The lowest BCUT2D eigenvalue weighted by atomic mass is 10.0. The molecule has 2 rings (SSSR count). The third kappa shape index (κ3) is 2.89. The first-order chi connectivity index (χ1) is 9.41. The van der Waals surface area contributed by atoms with Crippen LogP contribution in [0.5, 0.6) is 0 Å². The van der Waals surface area contributed by atoms with Crippen molar-refractivity contribution in [3.05, 3.63) is 66.2 Å². The van der Waals surface area contributed by atoms with E-state index in [0.717, 1.165) is 11.1 Å². The van der Waals surface area contributed by atoms with Gasteiger partial charge >= 0.3 is 6.18 Å². The maximum atomic E-state index is 12.5. The fraction of sp³-hybridized carbons (Fsp3) is 0.0625. The molecule has 0 heterocycles. The van der Waals surface area contributed by atoms with E-state index in [4.69, 9.17) is 5.26 Å². The number of benzene rings is 2. The number of hydrogen-bond donors (Lipinski definition) is 0. The van der Waals surface area contributed by atoms with Crippen molar-refractivity contribution < 1.29 is 13.2 Å². The van der Waals surface area contributed by atoms with E-state index in [9.17, 15) is 13.2 Å². The van der Waals surface area contributed by atoms with Gasteiger partial charge in [0.2, 0.25) is 0 Å². The number of alkyl halides is 3. The van der Waals surface area contributed by atoms with Gasteiger partial charge in [0.15, 0.2) is 0 Å². The van der Waals surface area contributed by atoms with Crippen LogP contribution in [0.3, 0.4) is 0 Å². The van der Waals surface area contributed by atoms with Crippen LogP contribution in [0.4, 0.5) is 13.2 Å². The summed E-state index contributed by atoms with van der Waals surface area (Å²) in [5, 5.41) is 8.71. The quantitative estimate of drug-likeness (QED) is 0.771. The third-order valence-corrected chi connectivity index (χ3v) is 2.92. The van der Waals surface area contributed by atoms with Gasteiger partial charge in [0.1, 0.15) is 0 Å². The molecule has 0 amide bonds. The van der Waals surface area contributed by atoms with Gasteiger partial charge in [-0.1, -0.05) is 43.0 Å². The van der Waals surface area contributed by atoms with Gasteiger partial charge in [-0.05, 0) is 28.8 Å². The molecule has 0 aromatic heterocycles. The predicted octanol–water partition coefficient (Wildman–Crippen LogP) is 4.80. The Morgan fingerprint density at radius 1 is 0.900 bits per heavy atom. The van der Waals surface area contributed by atoms with Crippen LogP contribution in [0.2, 0.25) is 0 Å². The number of nitrogens with zero attached hydrogens (tertiary/aromatic N) is 1. The molecule has 0 radical (unpaired) electrons. The normalized spacial score (nSPS) is 10.9. The van der Waals surface area contributed by atoms with Crippen LogP contribution < -0.4 is 0 Å². The summed E-state index contributed by atoms with van der Waals surface area (Å²) in [6.07, 6.45) is -4.42. The zero-order valence-electron chi connectivity index (χ0n) is 10.4. The fourth-order valence-electron chi connectivity index (χ4n) is 1.76. The molecule has 0 atom stereocenters. The van der Waals surface area contributed by atoms with Crippen LogP contribution in [0.25, 0.3) is 16.7 Å². The average Bonchev–Trinajstić information content (AvgIpc) is 2.46. The van der Waals surface area contributed by atoms with Crippen LogP contribution in [-0.2, 0) is 0 Å². The van der Waals surface area contributed by atoms with E-state index in [1.165, 1.54) is 12.1 Å². The fourth-order valence-corrected chi connectivity index (χ4v) is 1.76. The summed E-state index contributed by atoms with van der Waals surface area (Å²) in [6, 6.07) is 14.8. The Bertz CT molecular complexity index is 659. The molecule has 0 bridgehead atoms. The van der Waals surface area contributed by atoms with Crippen molar-refractivity contribution in [3.63, 3.8) is 0 Å². The molecule has 100 valence electrons. The highest BCUT2D eigenvalue weighted by Crippen LogP contribution is 2.33. The maximum Gasteiger partial charge on any atom is 0.416 e. The highest BCUT2D eigenvalue weighted by Gasteiger charge is 2.32. The van der Waals surface area contributed by atoms with Gasteiger partial charge in [-0.2, -0.15) is 18.4 Å². The Morgan fingerprint density at radius 3 is 1.75 bits per heavy atom. The Morgan fingerprint density at radius 2 is 1.35 bits per heavy atom. The Hall–Kier alpha value is -2.54. The van der Waals surface area contributed by atoms with Gasteiger partial charge in [0, 0.05) is 0 Å². The Kier molecular flexibility index (Phi) is 3.62. The second kappa shape index (κ2) is 5.22. The summed E-state index contributed by atoms with van der Waals surface area (Å²) in [4.78, 5) is 0. The van der Waals surface area contributed by atoms with E-state index in [0.29, 0.717) is 5.56 Å². The second-order valence-corrected chi connectivity index (χ2v) is 4.24. The molecule has 0 saturated heterocycles. The highest BCUT2D eigenvalue weighted by molar-refractivity contribution is 5.71. The van der Waals surface area contributed by atoms with Crippen molar-refractivity contribution in [2.75, 3.05) is 0 Å². The number of allylic oxidation sites excluding steroid dienone is 1. The van der Waals surface area contributed by atoms with Gasteiger partial charge in [0.05, 0.1) is 17.2 Å². The summed E-state index contributed by atoms with van der Waals surface area (Å²) < 4.78 is 37.5. The topological polar surface area (TPSA) is 23.8 Å². The minimum absolute atomic E-state index is 0.0508. The van der Waals surface area contributed by atoms with Crippen molar-refractivity contribution in [3.8, 4) is 17.2 Å². The lowest BCUT2D eigenvalue weighted by Crippen LogP contribution is -2.09.